The molecule has 3 N–H and O–H groups in total. The zero-order valence-electron chi connectivity index (χ0n) is 15.2. The van der Waals surface area contributed by atoms with Gasteiger partial charge in [0.25, 0.3) is 0 Å². The number of aromatic nitrogens is 1. The SMILES string of the molecule is CN(C)c1ccc(C(=N)N2C(=N)c3ccccc3Nc3ncccc32)cc1.[HH]. The van der Waals surface area contributed by atoms with Crippen molar-refractivity contribution in [2.24, 2.45) is 0 Å². The molecule has 3 aromatic rings. The molecule has 1 aromatic heterocycles. The number of benzene rings is 2. The zero-order valence-corrected chi connectivity index (χ0v) is 15.2. The number of anilines is 4. The first-order chi connectivity index (χ1) is 13.1. The van der Waals surface area contributed by atoms with Gasteiger partial charge in [0.1, 0.15) is 11.7 Å². The van der Waals surface area contributed by atoms with E-state index in [2.05, 4.69) is 10.3 Å². The minimum Gasteiger partial charge on any atom is -0.378 e. The predicted octanol–water partition coefficient (Wildman–Crippen LogP) is 4.31. The standard InChI is InChI=1S/C21H20N6.H2/c1-26(2)15-11-9-14(10-12-15)19(22)27-18-8-5-13-24-21(18)25-17-7-4-3-6-16(17)20(27)23;/h3-13,22-23H,1-2H3,(H,24,25);1H. The highest BCUT2D eigenvalue weighted by Gasteiger charge is 2.28. The van der Waals surface area contributed by atoms with Crippen molar-refractivity contribution in [2.45, 2.75) is 0 Å². The summed E-state index contributed by atoms with van der Waals surface area (Å²) in [6.07, 6.45) is 1.71. The van der Waals surface area contributed by atoms with Gasteiger partial charge in [0.2, 0.25) is 0 Å². The number of hydrogen-bond acceptors (Lipinski definition) is 5. The summed E-state index contributed by atoms with van der Waals surface area (Å²) in [5.74, 6) is 1.10. The van der Waals surface area contributed by atoms with Crippen molar-refractivity contribution in [1.82, 2.24) is 4.98 Å². The maximum absolute atomic E-state index is 8.82. The van der Waals surface area contributed by atoms with Gasteiger partial charge in [-0.3, -0.25) is 15.7 Å². The van der Waals surface area contributed by atoms with Crippen LogP contribution in [0.25, 0.3) is 0 Å². The minimum atomic E-state index is 0. The molecule has 2 aromatic carbocycles. The van der Waals surface area contributed by atoms with Crippen molar-refractivity contribution in [3.05, 3.63) is 78.0 Å². The summed E-state index contributed by atoms with van der Waals surface area (Å²) in [7, 11) is 3.96. The molecule has 27 heavy (non-hydrogen) atoms. The fourth-order valence-electron chi connectivity index (χ4n) is 3.12. The fraction of sp³-hybridized carbons (Fsp3) is 0.0952. The smallest absolute Gasteiger partial charge is 0.154 e. The van der Waals surface area contributed by atoms with Crippen LogP contribution in [0.3, 0.4) is 0 Å². The molecule has 6 heteroatoms. The molecular formula is C21H22N6. The summed E-state index contributed by atoms with van der Waals surface area (Å²) >= 11 is 0. The molecule has 0 radical (unpaired) electrons. The van der Waals surface area contributed by atoms with E-state index in [-0.39, 0.29) is 13.1 Å². The third-order valence-corrected chi connectivity index (χ3v) is 4.57. The topological polar surface area (TPSA) is 79.1 Å². The monoisotopic (exact) mass is 358 g/mol. The van der Waals surface area contributed by atoms with Gasteiger partial charge in [-0.05, 0) is 48.5 Å². The molecular weight excluding hydrogens is 336 g/mol. The molecule has 0 saturated carbocycles. The van der Waals surface area contributed by atoms with E-state index in [1.165, 1.54) is 0 Å². The second-order valence-corrected chi connectivity index (χ2v) is 6.52. The summed E-state index contributed by atoms with van der Waals surface area (Å²) in [6, 6.07) is 19.1. The fourth-order valence-corrected chi connectivity index (χ4v) is 3.12. The lowest BCUT2D eigenvalue weighted by atomic mass is 10.1. The second-order valence-electron chi connectivity index (χ2n) is 6.52. The van der Waals surface area contributed by atoms with E-state index < -0.39 is 0 Å². The van der Waals surface area contributed by atoms with Crippen LogP contribution in [0, 0.1) is 10.8 Å². The Bertz CT molecular complexity index is 1030. The first kappa shape index (κ1) is 16.8. The molecule has 136 valence electrons. The van der Waals surface area contributed by atoms with Crippen LogP contribution in [0.5, 0.6) is 0 Å². The molecule has 0 saturated heterocycles. The molecule has 0 fully saturated rings. The van der Waals surface area contributed by atoms with E-state index in [9.17, 15) is 0 Å². The number of nitrogens with one attached hydrogen (secondary N) is 3. The molecule has 0 bridgehead atoms. The van der Waals surface area contributed by atoms with E-state index in [0.29, 0.717) is 11.5 Å². The van der Waals surface area contributed by atoms with Gasteiger partial charge in [-0.2, -0.15) is 0 Å². The maximum atomic E-state index is 8.82. The highest BCUT2D eigenvalue weighted by Crippen LogP contribution is 2.34. The molecule has 0 unspecified atom stereocenters. The largest absolute Gasteiger partial charge is 0.378 e. The summed E-state index contributed by atoms with van der Waals surface area (Å²) in [5.41, 5.74) is 4.01. The van der Waals surface area contributed by atoms with Crippen LogP contribution >= 0.6 is 0 Å². The molecule has 0 atom stereocenters. The van der Waals surface area contributed by atoms with Crippen LogP contribution in [0.4, 0.5) is 22.9 Å². The lowest BCUT2D eigenvalue weighted by molar-refractivity contribution is 1.13. The summed E-state index contributed by atoms with van der Waals surface area (Å²) < 4.78 is 0. The predicted molar refractivity (Wildman–Crippen MR) is 113 cm³/mol. The number of nitrogens with zero attached hydrogens (tertiary/aromatic N) is 3. The van der Waals surface area contributed by atoms with Gasteiger partial charge in [0.15, 0.2) is 5.82 Å². The quantitative estimate of drug-likeness (QED) is 0.471. The Kier molecular flexibility index (Phi) is 4.08. The normalized spacial score (nSPS) is 12.5. The highest BCUT2D eigenvalue weighted by molar-refractivity contribution is 6.30. The van der Waals surface area contributed by atoms with Crippen molar-refractivity contribution in [3.8, 4) is 0 Å². The Labute approximate surface area is 159 Å². The third-order valence-electron chi connectivity index (χ3n) is 4.57. The molecule has 1 aliphatic heterocycles. The van der Waals surface area contributed by atoms with Gasteiger partial charge in [-0.1, -0.05) is 12.1 Å². The second kappa shape index (κ2) is 6.57. The van der Waals surface area contributed by atoms with E-state index >= 15 is 0 Å². The first-order valence-corrected chi connectivity index (χ1v) is 8.62. The van der Waals surface area contributed by atoms with Crippen LogP contribution in [-0.2, 0) is 0 Å². The first-order valence-electron chi connectivity index (χ1n) is 8.62. The van der Waals surface area contributed by atoms with Crippen molar-refractivity contribution in [2.75, 3.05) is 29.2 Å². The maximum Gasteiger partial charge on any atom is 0.154 e. The highest BCUT2D eigenvalue weighted by atomic mass is 15.2. The number of pyridine rings is 1. The lowest BCUT2D eigenvalue weighted by Gasteiger charge is -2.25. The molecule has 6 nitrogen and oxygen atoms in total. The van der Waals surface area contributed by atoms with Crippen LogP contribution in [-0.4, -0.2) is 30.8 Å². The molecule has 2 heterocycles. The van der Waals surface area contributed by atoms with Gasteiger partial charge in [0, 0.05) is 38.5 Å². The molecule has 1 aliphatic rings. The average molecular weight is 358 g/mol. The van der Waals surface area contributed by atoms with E-state index in [4.69, 9.17) is 10.8 Å². The zero-order chi connectivity index (χ0) is 19.0. The Hall–Kier alpha value is -3.67. The molecule has 0 spiro atoms. The molecule has 4 rings (SSSR count). The van der Waals surface area contributed by atoms with Gasteiger partial charge in [0.05, 0.1) is 11.4 Å². The van der Waals surface area contributed by atoms with Crippen molar-refractivity contribution >= 4 is 34.6 Å². The Balaban J connectivity index is 0.00000225. The summed E-state index contributed by atoms with van der Waals surface area (Å²) in [5, 5.41) is 20.9. The van der Waals surface area contributed by atoms with E-state index in [0.717, 1.165) is 22.5 Å². The van der Waals surface area contributed by atoms with Gasteiger partial charge in [-0.15, -0.1) is 0 Å². The van der Waals surface area contributed by atoms with E-state index in [1.54, 1.807) is 11.1 Å². The van der Waals surface area contributed by atoms with Crippen LogP contribution in [0.15, 0.2) is 66.9 Å². The van der Waals surface area contributed by atoms with E-state index in [1.807, 2.05) is 79.7 Å². The summed E-state index contributed by atoms with van der Waals surface area (Å²) in [6.45, 7) is 0. The Morgan fingerprint density at radius 1 is 1.04 bits per heavy atom. The van der Waals surface area contributed by atoms with Crippen LogP contribution in [0.2, 0.25) is 0 Å². The number of hydrogen-bond donors (Lipinski definition) is 3. The van der Waals surface area contributed by atoms with Crippen molar-refractivity contribution in [1.29, 1.82) is 10.8 Å². The average Bonchev–Trinajstić information content (AvgIpc) is 2.81. The number of fused-ring (bicyclic) bond motifs is 2. The van der Waals surface area contributed by atoms with Crippen molar-refractivity contribution in [3.63, 3.8) is 0 Å². The van der Waals surface area contributed by atoms with Gasteiger partial charge >= 0.3 is 0 Å². The van der Waals surface area contributed by atoms with Crippen LogP contribution < -0.4 is 15.1 Å². The number of para-hydroxylation sites is 1. The lowest BCUT2D eigenvalue weighted by Crippen LogP contribution is -2.36. The van der Waals surface area contributed by atoms with Crippen molar-refractivity contribution < 1.29 is 1.43 Å². The van der Waals surface area contributed by atoms with Crippen LogP contribution in [0.1, 0.15) is 12.6 Å². The third kappa shape index (κ3) is 2.91. The number of amidine groups is 2. The Morgan fingerprint density at radius 2 is 1.78 bits per heavy atom. The van der Waals surface area contributed by atoms with Gasteiger partial charge in [-0.25, -0.2) is 4.98 Å². The number of rotatable bonds is 2. The Morgan fingerprint density at radius 3 is 2.52 bits per heavy atom. The summed E-state index contributed by atoms with van der Waals surface area (Å²) in [4.78, 5) is 8.07. The minimum absolute atomic E-state index is 0. The van der Waals surface area contributed by atoms with Gasteiger partial charge < -0.3 is 10.2 Å². The molecule has 0 amide bonds. The molecule has 0 aliphatic carbocycles.